The predicted molar refractivity (Wildman–Crippen MR) is 89.5 cm³/mol. The van der Waals surface area contributed by atoms with Crippen LogP contribution in [0, 0.1) is 0 Å². The first kappa shape index (κ1) is 17.4. The first-order valence-electron chi connectivity index (χ1n) is 8.19. The maximum atomic E-state index is 11.9. The molecule has 1 aliphatic rings. The van der Waals surface area contributed by atoms with Gasteiger partial charge in [-0.2, -0.15) is 0 Å². The first-order valence-corrected chi connectivity index (χ1v) is 8.19. The second kappa shape index (κ2) is 9.27. The van der Waals surface area contributed by atoms with Gasteiger partial charge in [0.1, 0.15) is 0 Å². The molecule has 1 heterocycles. The lowest BCUT2D eigenvalue weighted by Gasteiger charge is -2.11. The van der Waals surface area contributed by atoms with Crippen LogP contribution in [0.15, 0.2) is 24.3 Å². The van der Waals surface area contributed by atoms with E-state index in [0.29, 0.717) is 24.3 Å². The summed E-state index contributed by atoms with van der Waals surface area (Å²) in [5, 5.41) is 8.72. The molecule has 0 saturated carbocycles. The summed E-state index contributed by atoms with van der Waals surface area (Å²) >= 11 is 0. The van der Waals surface area contributed by atoms with E-state index in [2.05, 4.69) is 16.0 Å². The fourth-order valence-corrected chi connectivity index (χ4v) is 2.40. The molecule has 0 spiro atoms. The molecule has 1 saturated heterocycles. The summed E-state index contributed by atoms with van der Waals surface area (Å²) in [6, 6.07) is 6.89. The topological polar surface area (TPSA) is 79.5 Å². The number of hydrogen-bond acceptors (Lipinski definition) is 4. The van der Waals surface area contributed by atoms with Crippen LogP contribution >= 0.6 is 0 Å². The zero-order valence-electron chi connectivity index (χ0n) is 13.6. The zero-order chi connectivity index (χ0) is 16.5. The fraction of sp³-hybridized carbons (Fsp3) is 0.529. The molecule has 1 aliphatic heterocycles. The minimum atomic E-state index is -0.105. The van der Waals surface area contributed by atoms with Crippen LogP contribution in [0.3, 0.4) is 0 Å². The molecule has 1 atom stereocenters. The average molecular weight is 319 g/mol. The molecule has 6 nitrogen and oxygen atoms in total. The monoisotopic (exact) mass is 319 g/mol. The van der Waals surface area contributed by atoms with Gasteiger partial charge in [0, 0.05) is 30.9 Å². The van der Waals surface area contributed by atoms with E-state index in [1.165, 1.54) is 0 Å². The number of carbonyl (C=O) groups excluding carboxylic acids is 2. The number of amides is 2. The van der Waals surface area contributed by atoms with Gasteiger partial charge in [-0.1, -0.05) is 6.92 Å². The second-order valence-corrected chi connectivity index (χ2v) is 5.65. The summed E-state index contributed by atoms with van der Waals surface area (Å²) in [7, 11) is 0. The summed E-state index contributed by atoms with van der Waals surface area (Å²) in [6.07, 6.45) is 3.27. The number of nitrogens with one attached hydrogen (secondary N) is 3. The van der Waals surface area contributed by atoms with Crippen molar-refractivity contribution in [2.45, 2.75) is 32.3 Å². The lowest BCUT2D eigenvalue weighted by Crippen LogP contribution is -2.33. The summed E-state index contributed by atoms with van der Waals surface area (Å²) < 4.78 is 5.48. The van der Waals surface area contributed by atoms with E-state index in [4.69, 9.17) is 4.74 Å². The summed E-state index contributed by atoms with van der Waals surface area (Å²) in [6.45, 7) is 4.43. The van der Waals surface area contributed by atoms with Crippen LogP contribution in [0.2, 0.25) is 0 Å². The first-order chi connectivity index (χ1) is 11.2. The van der Waals surface area contributed by atoms with E-state index in [1.807, 2.05) is 6.92 Å². The lowest BCUT2D eigenvalue weighted by molar-refractivity contribution is -0.115. The molecule has 3 N–H and O–H groups in total. The molecule has 0 aliphatic carbocycles. The van der Waals surface area contributed by atoms with E-state index in [9.17, 15) is 9.59 Å². The predicted octanol–water partition coefficient (Wildman–Crippen LogP) is 1.53. The highest BCUT2D eigenvalue weighted by atomic mass is 16.5. The Hall–Kier alpha value is -1.92. The van der Waals surface area contributed by atoms with Gasteiger partial charge in [0.05, 0.1) is 12.6 Å². The third kappa shape index (κ3) is 6.00. The Kier molecular flexibility index (Phi) is 7.03. The number of benzene rings is 1. The minimum Gasteiger partial charge on any atom is -0.377 e. The second-order valence-electron chi connectivity index (χ2n) is 5.65. The lowest BCUT2D eigenvalue weighted by atomic mass is 10.2. The molecule has 0 bridgehead atoms. The van der Waals surface area contributed by atoms with Gasteiger partial charge in [-0.15, -0.1) is 0 Å². The van der Waals surface area contributed by atoms with E-state index in [1.54, 1.807) is 24.3 Å². The van der Waals surface area contributed by atoms with Crippen LogP contribution in [-0.2, 0) is 9.53 Å². The van der Waals surface area contributed by atoms with Crippen molar-refractivity contribution in [3.8, 4) is 0 Å². The number of rotatable bonds is 8. The summed E-state index contributed by atoms with van der Waals surface area (Å²) in [5.41, 5.74) is 1.27. The van der Waals surface area contributed by atoms with Gasteiger partial charge in [-0.05, 0) is 43.5 Å². The van der Waals surface area contributed by atoms with E-state index in [0.717, 1.165) is 25.9 Å². The van der Waals surface area contributed by atoms with Crippen molar-refractivity contribution in [1.29, 1.82) is 0 Å². The smallest absolute Gasteiger partial charge is 0.251 e. The molecule has 2 rings (SSSR count). The molecule has 1 fully saturated rings. The van der Waals surface area contributed by atoms with Gasteiger partial charge >= 0.3 is 0 Å². The molecule has 0 radical (unpaired) electrons. The van der Waals surface area contributed by atoms with Gasteiger partial charge in [0.15, 0.2) is 0 Å². The van der Waals surface area contributed by atoms with Crippen LogP contribution in [0.1, 0.15) is 36.5 Å². The highest BCUT2D eigenvalue weighted by molar-refractivity contribution is 5.96. The quantitative estimate of drug-likeness (QED) is 0.679. The molecule has 0 aromatic heterocycles. The van der Waals surface area contributed by atoms with Gasteiger partial charge < -0.3 is 20.7 Å². The Morgan fingerprint density at radius 3 is 2.70 bits per heavy atom. The highest BCUT2D eigenvalue weighted by Gasteiger charge is 2.15. The van der Waals surface area contributed by atoms with Gasteiger partial charge in [-0.3, -0.25) is 9.59 Å². The molecule has 2 amide bonds. The van der Waals surface area contributed by atoms with Gasteiger partial charge in [-0.25, -0.2) is 0 Å². The van der Waals surface area contributed by atoms with Gasteiger partial charge in [0.25, 0.3) is 5.91 Å². The standard InChI is InChI=1S/C17H25N3O3/c1-2-9-19-17(22)13-5-7-14(8-6-13)20-16(21)12-18-11-15-4-3-10-23-15/h5-8,15,18H,2-4,9-12H2,1H3,(H,19,22)(H,20,21). The molecule has 126 valence electrons. The maximum absolute atomic E-state index is 11.9. The third-order valence-electron chi connectivity index (χ3n) is 3.65. The number of anilines is 1. The van der Waals surface area contributed by atoms with Crippen LogP contribution in [0.5, 0.6) is 0 Å². The average Bonchev–Trinajstić information content (AvgIpc) is 3.06. The van der Waals surface area contributed by atoms with Crippen molar-refractivity contribution >= 4 is 17.5 Å². The number of carbonyl (C=O) groups is 2. The Balaban J connectivity index is 1.71. The minimum absolute atomic E-state index is 0.0945. The van der Waals surface area contributed by atoms with Crippen molar-refractivity contribution in [3.05, 3.63) is 29.8 Å². The van der Waals surface area contributed by atoms with Crippen LogP contribution in [0.4, 0.5) is 5.69 Å². The fourth-order valence-electron chi connectivity index (χ4n) is 2.40. The van der Waals surface area contributed by atoms with Crippen molar-refractivity contribution in [2.75, 3.05) is 31.6 Å². The van der Waals surface area contributed by atoms with Crippen molar-refractivity contribution in [3.63, 3.8) is 0 Å². The highest BCUT2D eigenvalue weighted by Crippen LogP contribution is 2.11. The van der Waals surface area contributed by atoms with Crippen LogP contribution in [-0.4, -0.2) is 44.2 Å². The Labute approximate surface area is 137 Å². The molecule has 1 aromatic carbocycles. The third-order valence-corrected chi connectivity index (χ3v) is 3.65. The van der Waals surface area contributed by atoms with Crippen molar-refractivity contribution < 1.29 is 14.3 Å². The maximum Gasteiger partial charge on any atom is 0.251 e. The molecule has 23 heavy (non-hydrogen) atoms. The molecular weight excluding hydrogens is 294 g/mol. The van der Waals surface area contributed by atoms with E-state index in [-0.39, 0.29) is 24.5 Å². The Morgan fingerprint density at radius 2 is 2.04 bits per heavy atom. The SMILES string of the molecule is CCCNC(=O)c1ccc(NC(=O)CNCC2CCCO2)cc1. The largest absolute Gasteiger partial charge is 0.377 e. The number of hydrogen-bond donors (Lipinski definition) is 3. The van der Waals surface area contributed by atoms with Crippen LogP contribution < -0.4 is 16.0 Å². The number of ether oxygens (including phenoxy) is 1. The molecule has 1 unspecified atom stereocenters. The van der Waals surface area contributed by atoms with Crippen molar-refractivity contribution in [2.24, 2.45) is 0 Å². The Bertz CT molecular complexity index is 510. The summed E-state index contributed by atoms with van der Waals surface area (Å²) in [4.78, 5) is 23.6. The summed E-state index contributed by atoms with van der Waals surface area (Å²) in [5.74, 6) is -0.200. The van der Waals surface area contributed by atoms with E-state index < -0.39 is 0 Å². The Morgan fingerprint density at radius 1 is 1.26 bits per heavy atom. The van der Waals surface area contributed by atoms with Gasteiger partial charge in [0.2, 0.25) is 5.91 Å². The van der Waals surface area contributed by atoms with Crippen LogP contribution in [0.25, 0.3) is 0 Å². The van der Waals surface area contributed by atoms with E-state index >= 15 is 0 Å². The van der Waals surface area contributed by atoms with Crippen molar-refractivity contribution in [1.82, 2.24) is 10.6 Å². The zero-order valence-corrected chi connectivity index (χ0v) is 13.6. The molecule has 1 aromatic rings. The normalized spacial score (nSPS) is 17.0. The molecular formula is C17H25N3O3. The molecule has 6 heteroatoms.